The van der Waals surface area contributed by atoms with Crippen molar-refractivity contribution < 1.29 is 4.74 Å². The molecule has 0 spiro atoms. The topological polar surface area (TPSA) is 59.6 Å². The number of ether oxygens (including phenoxy) is 1. The number of allylic oxidation sites excluding steroid dienone is 7. The smallest absolute Gasteiger partial charge is 0.112 e. The number of hydrogen-bond acceptors (Lipinski definition) is 4. The molecular weight excluding hydrogens is 426 g/mol. The molecule has 184 valence electrons. The molecule has 1 aliphatic heterocycles. The second-order valence-electron chi connectivity index (χ2n) is 9.03. The van der Waals surface area contributed by atoms with E-state index in [9.17, 15) is 0 Å². The van der Waals surface area contributed by atoms with Crippen molar-refractivity contribution in [1.82, 2.24) is 5.32 Å². The van der Waals surface area contributed by atoms with Crippen LogP contribution in [0.4, 0.5) is 0 Å². The summed E-state index contributed by atoms with van der Waals surface area (Å²) in [5.41, 5.74) is 12.6. The molecule has 4 nitrogen and oxygen atoms in total. The van der Waals surface area contributed by atoms with Gasteiger partial charge in [-0.3, -0.25) is 4.99 Å². The minimum Gasteiger partial charge on any atom is -0.469 e. The third-order valence-corrected chi connectivity index (χ3v) is 6.24. The maximum Gasteiger partial charge on any atom is 0.112 e. The van der Waals surface area contributed by atoms with E-state index in [0.717, 1.165) is 49.3 Å². The van der Waals surface area contributed by atoms with Crippen LogP contribution in [-0.4, -0.2) is 23.4 Å². The standard InChI is InChI=1S/C28H45N3OS/c1-22(2)10-7-11-23(3)12-8-13-24(4)14-9-15-25(5)16-19-33-21-28(31-26(6)29)27-20-32-18-17-30-27/h10,12,14,16-18,20,28,30H,7-9,11,13,15,19,21H2,1-6H3,(H2,29,31)/b23-12+,24-14+,25-16+. The second-order valence-corrected chi connectivity index (χ2v) is 10.1. The van der Waals surface area contributed by atoms with E-state index in [2.05, 4.69) is 69.2 Å². The Bertz CT molecular complexity index is 792. The van der Waals surface area contributed by atoms with Crippen molar-refractivity contribution in [3.8, 4) is 0 Å². The Kier molecular flexibility index (Phi) is 15.2. The number of nitrogens with zero attached hydrogens (tertiary/aromatic N) is 1. The zero-order valence-electron chi connectivity index (χ0n) is 21.6. The summed E-state index contributed by atoms with van der Waals surface area (Å²) in [5.74, 6) is 2.42. The number of nitrogens with one attached hydrogen (secondary N) is 1. The molecule has 33 heavy (non-hydrogen) atoms. The lowest BCUT2D eigenvalue weighted by Crippen LogP contribution is -2.25. The molecule has 1 unspecified atom stereocenters. The quantitative estimate of drug-likeness (QED) is 0.112. The summed E-state index contributed by atoms with van der Waals surface area (Å²) in [4.78, 5) is 4.54. The van der Waals surface area contributed by atoms with Crippen molar-refractivity contribution in [2.45, 2.75) is 86.1 Å². The number of thioether (sulfide) groups is 1. The summed E-state index contributed by atoms with van der Waals surface area (Å²) in [6, 6.07) is -0.0193. The third kappa shape index (κ3) is 15.3. The zero-order valence-corrected chi connectivity index (χ0v) is 22.4. The third-order valence-electron chi connectivity index (χ3n) is 5.29. The SMILES string of the molecule is CC(C)=CCC/C(C)=C/CC/C(C)=C/CC/C(C)=C/CSCC(N=C(C)N)C1=COC=CN1. The van der Waals surface area contributed by atoms with Crippen molar-refractivity contribution in [2.75, 3.05) is 11.5 Å². The van der Waals surface area contributed by atoms with Gasteiger partial charge < -0.3 is 15.8 Å². The van der Waals surface area contributed by atoms with E-state index in [1.807, 2.05) is 18.7 Å². The molecular formula is C28H45N3OS. The number of hydrogen-bond donors (Lipinski definition) is 2. The molecule has 0 fully saturated rings. The highest BCUT2D eigenvalue weighted by molar-refractivity contribution is 7.99. The molecule has 1 rings (SSSR count). The average molecular weight is 472 g/mol. The molecule has 0 amide bonds. The molecule has 1 heterocycles. The summed E-state index contributed by atoms with van der Waals surface area (Å²) in [5, 5.41) is 3.20. The molecule has 0 aromatic rings. The van der Waals surface area contributed by atoms with Gasteiger partial charge in [-0.15, -0.1) is 0 Å². The van der Waals surface area contributed by atoms with Crippen LogP contribution in [0, 0.1) is 0 Å². The first kappa shape index (κ1) is 28.9. The highest BCUT2D eigenvalue weighted by atomic mass is 32.2. The van der Waals surface area contributed by atoms with Gasteiger partial charge in [-0.2, -0.15) is 11.8 Å². The van der Waals surface area contributed by atoms with Crippen molar-refractivity contribution in [2.24, 2.45) is 10.7 Å². The van der Waals surface area contributed by atoms with Gasteiger partial charge in [0, 0.05) is 17.7 Å². The van der Waals surface area contributed by atoms with E-state index in [1.165, 1.54) is 28.7 Å². The first-order valence-electron chi connectivity index (χ1n) is 12.0. The number of amidine groups is 1. The van der Waals surface area contributed by atoms with Crippen LogP contribution in [0.3, 0.4) is 0 Å². The molecule has 5 heteroatoms. The second kappa shape index (κ2) is 17.4. The van der Waals surface area contributed by atoms with Gasteiger partial charge in [-0.1, -0.05) is 46.6 Å². The molecule has 0 saturated carbocycles. The Morgan fingerprint density at radius 1 is 0.939 bits per heavy atom. The predicted molar refractivity (Wildman–Crippen MR) is 148 cm³/mol. The fraction of sp³-hybridized carbons (Fsp3) is 0.536. The van der Waals surface area contributed by atoms with E-state index >= 15 is 0 Å². The average Bonchev–Trinajstić information content (AvgIpc) is 2.76. The first-order chi connectivity index (χ1) is 15.8. The van der Waals surface area contributed by atoms with Gasteiger partial charge in [0.15, 0.2) is 0 Å². The van der Waals surface area contributed by atoms with Crippen LogP contribution in [-0.2, 0) is 4.74 Å². The summed E-state index contributed by atoms with van der Waals surface area (Å²) >= 11 is 1.86. The molecule has 0 radical (unpaired) electrons. The number of aliphatic imine (C=N–C) groups is 1. The van der Waals surface area contributed by atoms with Gasteiger partial charge in [-0.05, 0) is 80.1 Å². The van der Waals surface area contributed by atoms with Gasteiger partial charge in [0.05, 0.1) is 11.5 Å². The summed E-state index contributed by atoms with van der Waals surface area (Å²) in [6.07, 6.45) is 21.4. The van der Waals surface area contributed by atoms with Crippen molar-refractivity contribution in [1.29, 1.82) is 0 Å². The molecule has 0 aliphatic carbocycles. The highest BCUT2D eigenvalue weighted by Crippen LogP contribution is 2.17. The zero-order chi connectivity index (χ0) is 24.5. The van der Waals surface area contributed by atoms with Crippen LogP contribution < -0.4 is 11.1 Å². The van der Waals surface area contributed by atoms with Crippen LogP contribution >= 0.6 is 11.8 Å². The Labute approximate surface area is 206 Å². The molecule has 1 aliphatic rings. The minimum absolute atomic E-state index is 0.0193. The van der Waals surface area contributed by atoms with Crippen molar-refractivity contribution >= 4 is 17.6 Å². The summed E-state index contributed by atoms with van der Waals surface area (Å²) < 4.78 is 5.26. The molecule has 3 N–H and O–H groups in total. The largest absolute Gasteiger partial charge is 0.469 e. The maximum atomic E-state index is 5.81. The number of nitrogens with two attached hydrogens (primary N) is 1. The highest BCUT2D eigenvalue weighted by Gasteiger charge is 2.14. The fourth-order valence-electron chi connectivity index (χ4n) is 3.30. The van der Waals surface area contributed by atoms with Crippen molar-refractivity contribution in [3.05, 3.63) is 71.0 Å². The van der Waals surface area contributed by atoms with E-state index in [4.69, 9.17) is 10.5 Å². The predicted octanol–water partition coefficient (Wildman–Crippen LogP) is 7.54. The van der Waals surface area contributed by atoms with Gasteiger partial charge in [-0.25, -0.2) is 0 Å². The molecule has 1 atom stereocenters. The summed E-state index contributed by atoms with van der Waals surface area (Å²) in [6.45, 7) is 12.9. The van der Waals surface area contributed by atoms with E-state index < -0.39 is 0 Å². The van der Waals surface area contributed by atoms with Crippen LogP contribution in [0.5, 0.6) is 0 Å². The van der Waals surface area contributed by atoms with E-state index in [-0.39, 0.29) is 6.04 Å². The molecule has 0 aromatic heterocycles. The lowest BCUT2D eigenvalue weighted by atomic mass is 10.0. The lowest BCUT2D eigenvalue weighted by molar-refractivity contribution is 0.378. The van der Waals surface area contributed by atoms with Crippen molar-refractivity contribution in [3.63, 3.8) is 0 Å². The lowest BCUT2D eigenvalue weighted by Gasteiger charge is -2.18. The van der Waals surface area contributed by atoms with E-state index in [1.54, 1.807) is 18.7 Å². The van der Waals surface area contributed by atoms with Gasteiger partial charge in [0.1, 0.15) is 18.6 Å². The fourth-order valence-corrected chi connectivity index (χ4v) is 4.32. The van der Waals surface area contributed by atoms with Gasteiger partial charge in [0.25, 0.3) is 0 Å². The Morgan fingerprint density at radius 2 is 1.52 bits per heavy atom. The molecule has 0 aromatic carbocycles. The van der Waals surface area contributed by atoms with E-state index in [0.29, 0.717) is 5.84 Å². The molecule has 0 bridgehead atoms. The monoisotopic (exact) mass is 471 g/mol. The van der Waals surface area contributed by atoms with Crippen LogP contribution in [0.1, 0.15) is 80.1 Å². The van der Waals surface area contributed by atoms with Crippen LogP contribution in [0.15, 0.2) is 76.0 Å². The normalized spacial score (nSPS) is 16.1. The Hall–Kier alpha value is -2.14. The maximum absolute atomic E-state index is 5.81. The van der Waals surface area contributed by atoms with Crippen LogP contribution in [0.25, 0.3) is 0 Å². The minimum atomic E-state index is -0.0193. The Morgan fingerprint density at radius 3 is 2.03 bits per heavy atom. The first-order valence-corrected chi connectivity index (χ1v) is 13.2. The number of rotatable bonds is 15. The van der Waals surface area contributed by atoms with Crippen LogP contribution in [0.2, 0.25) is 0 Å². The van der Waals surface area contributed by atoms with Gasteiger partial charge >= 0.3 is 0 Å². The Balaban J connectivity index is 2.31. The van der Waals surface area contributed by atoms with Gasteiger partial charge in [0.2, 0.25) is 0 Å². The molecule has 0 saturated heterocycles. The summed E-state index contributed by atoms with van der Waals surface area (Å²) in [7, 11) is 0.